The van der Waals surface area contributed by atoms with E-state index in [9.17, 15) is 5.11 Å². The smallest absolute Gasteiger partial charge is 0.191 e. The molecule has 1 aliphatic rings. The van der Waals surface area contributed by atoms with Gasteiger partial charge < -0.3 is 25.4 Å². The SMILES string of the molecule is CN=C(NCc1ccc(N2CCOCC2)cc1)NCC(O)c1cc2ccccc2s1. The molecule has 30 heavy (non-hydrogen) atoms. The second kappa shape index (κ2) is 9.93. The van der Waals surface area contributed by atoms with Crippen molar-refractivity contribution < 1.29 is 9.84 Å². The van der Waals surface area contributed by atoms with Crippen molar-refractivity contribution >= 4 is 33.1 Å². The number of morpholine rings is 1. The molecule has 1 unspecified atom stereocenters. The van der Waals surface area contributed by atoms with E-state index < -0.39 is 6.10 Å². The fraction of sp³-hybridized carbons (Fsp3) is 0.348. The molecule has 1 saturated heterocycles. The first-order valence-electron chi connectivity index (χ1n) is 10.3. The average Bonchev–Trinajstić information content (AvgIpc) is 3.24. The molecule has 0 aliphatic carbocycles. The second-order valence-electron chi connectivity index (χ2n) is 7.27. The van der Waals surface area contributed by atoms with Crippen LogP contribution in [0.5, 0.6) is 0 Å². The first-order chi connectivity index (χ1) is 14.7. The molecule has 7 heteroatoms. The molecule has 1 atom stereocenters. The van der Waals surface area contributed by atoms with E-state index in [1.165, 1.54) is 21.3 Å². The number of benzene rings is 2. The Hall–Kier alpha value is -2.61. The number of anilines is 1. The minimum absolute atomic E-state index is 0.405. The zero-order valence-electron chi connectivity index (χ0n) is 17.2. The van der Waals surface area contributed by atoms with Crippen LogP contribution in [0.15, 0.2) is 59.6 Å². The Morgan fingerprint density at radius 3 is 2.63 bits per heavy atom. The number of aliphatic hydroxyl groups is 1. The number of fused-ring (bicyclic) bond motifs is 1. The van der Waals surface area contributed by atoms with E-state index in [0.717, 1.165) is 31.2 Å². The maximum Gasteiger partial charge on any atom is 0.191 e. The van der Waals surface area contributed by atoms with Crippen molar-refractivity contribution in [1.82, 2.24) is 10.6 Å². The number of ether oxygens (including phenoxy) is 1. The molecule has 158 valence electrons. The zero-order valence-corrected chi connectivity index (χ0v) is 18.0. The monoisotopic (exact) mass is 424 g/mol. The van der Waals surface area contributed by atoms with Gasteiger partial charge in [0.2, 0.25) is 0 Å². The van der Waals surface area contributed by atoms with Crippen LogP contribution in [0.2, 0.25) is 0 Å². The molecule has 4 rings (SSSR count). The molecule has 0 spiro atoms. The number of aliphatic hydroxyl groups excluding tert-OH is 1. The molecule has 1 aliphatic heterocycles. The Morgan fingerprint density at radius 2 is 1.90 bits per heavy atom. The van der Waals surface area contributed by atoms with Crippen LogP contribution in [0.4, 0.5) is 5.69 Å². The highest BCUT2D eigenvalue weighted by Gasteiger charge is 2.13. The molecular weight excluding hydrogens is 396 g/mol. The van der Waals surface area contributed by atoms with Gasteiger partial charge in [0.05, 0.1) is 13.2 Å². The lowest BCUT2D eigenvalue weighted by Crippen LogP contribution is -2.39. The van der Waals surface area contributed by atoms with E-state index >= 15 is 0 Å². The molecular formula is C23H28N4O2S. The molecule has 0 saturated carbocycles. The summed E-state index contributed by atoms with van der Waals surface area (Å²) < 4.78 is 6.61. The lowest BCUT2D eigenvalue weighted by atomic mass is 10.2. The van der Waals surface area contributed by atoms with E-state index in [-0.39, 0.29) is 0 Å². The summed E-state index contributed by atoms with van der Waals surface area (Å²) in [6, 6.07) is 18.8. The van der Waals surface area contributed by atoms with Crippen LogP contribution >= 0.6 is 11.3 Å². The van der Waals surface area contributed by atoms with Gasteiger partial charge in [-0.3, -0.25) is 4.99 Å². The van der Waals surface area contributed by atoms with Crippen LogP contribution in [0, 0.1) is 0 Å². The molecule has 0 bridgehead atoms. The van der Waals surface area contributed by atoms with Crippen molar-refractivity contribution in [2.24, 2.45) is 4.99 Å². The lowest BCUT2D eigenvalue weighted by molar-refractivity contribution is 0.122. The Balaban J connectivity index is 1.27. The van der Waals surface area contributed by atoms with Gasteiger partial charge >= 0.3 is 0 Å². The molecule has 0 amide bonds. The fourth-order valence-electron chi connectivity index (χ4n) is 3.51. The number of rotatable bonds is 6. The third kappa shape index (κ3) is 5.11. The highest BCUT2D eigenvalue weighted by atomic mass is 32.1. The van der Waals surface area contributed by atoms with Gasteiger partial charge in [-0.1, -0.05) is 30.3 Å². The van der Waals surface area contributed by atoms with Crippen LogP contribution in [-0.4, -0.2) is 51.0 Å². The van der Waals surface area contributed by atoms with E-state index in [4.69, 9.17) is 4.74 Å². The van der Waals surface area contributed by atoms with Gasteiger partial charge in [-0.05, 0) is 35.2 Å². The van der Waals surface area contributed by atoms with Crippen LogP contribution < -0.4 is 15.5 Å². The summed E-state index contributed by atoms with van der Waals surface area (Å²) in [5, 5.41) is 18.3. The quantitative estimate of drug-likeness (QED) is 0.419. The first kappa shape index (κ1) is 20.7. The molecule has 6 nitrogen and oxygen atoms in total. The highest BCUT2D eigenvalue weighted by Crippen LogP contribution is 2.29. The van der Waals surface area contributed by atoms with Crippen LogP contribution in [0.1, 0.15) is 16.5 Å². The molecule has 1 aromatic heterocycles. The summed E-state index contributed by atoms with van der Waals surface area (Å²) in [5.74, 6) is 0.674. The standard InChI is InChI=1S/C23H28N4O2S/c1-24-23(26-16-20(28)22-14-18-4-2-3-5-21(18)30-22)25-15-17-6-8-19(9-7-17)27-10-12-29-13-11-27/h2-9,14,20,28H,10-13,15-16H2,1H3,(H2,24,25,26). The minimum atomic E-state index is -0.575. The Kier molecular flexibility index (Phi) is 6.84. The van der Waals surface area contributed by atoms with Crippen molar-refractivity contribution in [3.63, 3.8) is 0 Å². The van der Waals surface area contributed by atoms with Gasteiger partial charge in [-0.2, -0.15) is 0 Å². The summed E-state index contributed by atoms with van der Waals surface area (Å²) in [7, 11) is 1.74. The van der Waals surface area contributed by atoms with Crippen LogP contribution in [0.3, 0.4) is 0 Å². The van der Waals surface area contributed by atoms with Crippen molar-refractivity contribution in [2.45, 2.75) is 12.6 Å². The number of hydrogen-bond donors (Lipinski definition) is 3. The average molecular weight is 425 g/mol. The number of nitrogens with one attached hydrogen (secondary N) is 2. The third-order valence-electron chi connectivity index (χ3n) is 5.23. The summed E-state index contributed by atoms with van der Waals surface area (Å²) in [6.07, 6.45) is -0.575. The molecule has 3 aromatic rings. The molecule has 3 N–H and O–H groups in total. The summed E-state index contributed by atoms with van der Waals surface area (Å²) >= 11 is 1.63. The highest BCUT2D eigenvalue weighted by molar-refractivity contribution is 7.19. The Bertz CT molecular complexity index is 947. The minimum Gasteiger partial charge on any atom is -0.386 e. The largest absolute Gasteiger partial charge is 0.386 e. The Labute approximate surface area is 181 Å². The van der Waals surface area contributed by atoms with Gasteiger partial charge in [0, 0.05) is 48.5 Å². The van der Waals surface area contributed by atoms with Crippen molar-refractivity contribution in [3.8, 4) is 0 Å². The van der Waals surface area contributed by atoms with E-state index in [2.05, 4.69) is 63.0 Å². The van der Waals surface area contributed by atoms with Gasteiger partial charge in [-0.15, -0.1) is 11.3 Å². The fourth-order valence-corrected chi connectivity index (χ4v) is 4.56. The predicted octanol–water partition coefficient (Wildman–Crippen LogP) is 3.14. The number of hydrogen-bond acceptors (Lipinski definition) is 5. The summed E-state index contributed by atoms with van der Waals surface area (Å²) in [5.41, 5.74) is 2.41. The van der Waals surface area contributed by atoms with Gasteiger partial charge in [0.1, 0.15) is 6.10 Å². The predicted molar refractivity (Wildman–Crippen MR) is 124 cm³/mol. The number of aliphatic imine (C=N–C) groups is 1. The normalized spacial score (nSPS) is 15.9. The van der Waals surface area contributed by atoms with Crippen molar-refractivity contribution in [1.29, 1.82) is 0 Å². The lowest BCUT2D eigenvalue weighted by Gasteiger charge is -2.29. The van der Waals surface area contributed by atoms with E-state index in [0.29, 0.717) is 19.0 Å². The molecule has 2 aromatic carbocycles. The third-order valence-corrected chi connectivity index (χ3v) is 6.45. The van der Waals surface area contributed by atoms with E-state index in [1.807, 2.05) is 12.1 Å². The molecule has 1 fully saturated rings. The maximum absolute atomic E-state index is 10.6. The van der Waals surface area contributed by atoms with Crippen molar-refractivity contribution in [3.05, 3.63) is 65.0 Å². The molecule has 0 radical (unpaired) electrons. The second-order valence-corrected chi connectivity index (χ2v) is 8.39. The van der Waals surface area contributed by atoms with Crippen LogP contribution in [0.25, 0.3) is 10.1 Å². The number of guanidine groups is 1. The topological polar surface area (TPSA) is 69.1 Å². The zero-order chi connectivity index (χ0) is 20.8. The van der Waals surface area contributed by atoms with E-state index in [1.54, 1.807) is 18.4 Å². The summed E-state index contributed by atoms with van der Waals surface area (Å²) in [6.45, 7) is 4.54. The van der Waals surface area contributed by atoms with Gasteiger partial charge in [-0.25, -0.2) is 0 Å². The van der Waals surface area contributed by atoms with Gasteiger partial charge in [0.25, 0.3) is 0 Å². The number of thiophene rings is 1. The first-order valence-corrected chi connectivity index (χ1v) is 11.1. The summed E-state index contributed by atoms with van der Waals surface area (Å²) in [4.78, 5) is 7.57. The van der Waals surface area contributed by atoms with Gasteiger partial charge in [0.15, 0.2) is 5.96 Å². The van der Waals surface area contributed by atoms with Crippen molar-refractivity contribution in [2.75, 3.05) is 44.8 Å². The van der Waals surface area contributed by atoms with Crippen LogP contribution in [-0.2, 0) is 11.3 Å². The number of nitrogens with zero attached hydrogens (tertiary/aromatic N) is 2. The Morgan fingerprint density at radius 1 is 1.13 bits per heavy atom. The molecule has 2 heterocycles. The maximum atomic E-state index is 10.6.